The van der Waals surface area contributed by atoms with Gasteiger partial charge in [0, 0.05) is 0 Å². The average Bonchev–Trinajstić information content (AvgIpc) is 2.95. The van der Waals surface area contributed by atoms with Crippen LogP contribution < -0.4 is 5.46 Å². The van der Waals surface area contributed by atoms with Gasteiger partial charge in [-0.1, -0.05) is 42.5 Å². The van der Waals surface area contributed by atoms with E-state index >= 15 is 0 Å². The van der Waals surface area contributed by atoms with Crippen LogP contribution in [0.25, 0.3) is 10.8 Å². The zero-order chi connectivity index (χ0) is 15.8. The van der Waals surface area contributed by atoms with Crippen LogP contribution in [0.2, 0.25) is 0 Å². The summed E-state index contributed by atoms with van der Waals surface area (Å²) in [5.74, 6) is 0. The van der Waals surface area contributed by atoms with E-state index in [1.165, 1.54) is 11.1 Å². The maximum absolute atomic E-state index is 9.68. The lowest BCUT2D eigenvalue weighted by atomic mass is 9.79. The topological polar surface area (TPSA) is 53.2 Å². The lowest BCUT2D eigenvalue weighted by Gasteiger charge is -2.07. The second-order valence-electron chi connectivity index (χ2n) is 5.88. The highest BCUT2D eigenvalue weighted by Gasteiger charge is 2.26. The Labute approximate surface area is 134 Å². The quantitative estimate of drug-likeness (QED) is 0.740. The van der Waals surface area contributed by atoms with Gasteiger partial charge in [0.1, 0.15) is 0 Å². The van der Waals surface area contributed by atoms with Gasteiger partial charge in [-0.3, -0.25) is 0 Å². The molecule has 0 spiro atoms. The molecule has 0 bridgehead atoms. The number of nitriles is 1. The van der Waals surface area contributed by atoms with Gasteiger partial charge in [-0.25, -0.2) is 0 Å². The first kappa shape index (κ1) is 14.0. The zero-order valence-corrected chi connectivity index (χ0v) is 12.5. The molecule has 1 aliphatic heterocycles. The maximum Gasteiger partial charge on any atom is 0.491 e. The lowest BCUT2D eigenvalue weighted by Crippen LogP contribution is -2.27. The Balaban J connectivity index is 1.64. The van der Waals surface area contributed by atoms with Crippen molar-refractivity contribution in [2.75, 3.05) is 0 Å². The van der Waals surface area contributed by atoms with Crippen molar-refractivity contribution in [3.8, 4) is 6.07 Å². The molecule has 0 radical (unpaired) electrons. The monoisotopic (exact) mass is 299 g/mol. The average molecular weight is 299 g/mol. The minimum absolute atomic E-state index is 0.471. The van der Waals surface area contributed by atoms with Crippen molar-refractivity contribution >= 4 is 23.4 Å². The zero-order valence-electron chi connectivity index (χ0n) is 12.5. The summed E-state index contributed by atoms with van der Waals surface area (Å²) in [5, 5.41) is 20.9. The lowest BCUT2D eigenvalue weighted by molar-refractivity contribution is 0.275. The largest absolute Gasteiger partial charge is 0.491 e. The molecule has 1 heterocycles. The van der Waals surface area contributed by atoms with Crippen LogP contribution in [-0.4, -0.2) is 12.1 Å². The molecule has 3 aromatic carbocycles. The van der Waals surface area contributed by atoms with E-state index in [0.29, 0.717) is 12.2 Å². The Morgan fingerprint density at radius 2 is 1.74 bits per heavy atom. The standard InChI is InChI=1S/C19H14BNO2/c21-11-15-2-5-16-8-13(1-4-17(16)10-15)7-14-3-6-19-18(9-14)12-23-20(19)22/h1-6,8-10,22H,7,12H2. The number of benzene rings is 3. The summed E-state index contributed by atoms with van der Waals surface area (Å²) in [5.41, 5.74) is 5.05. The van der Waals surface area contributed by atoms with Crippen molar-refractivity contribution in [3.63, 3.8) is 0 Å². The molecule has 4 heteroatoms. The van der Waals surface area contributed by atoms with Gasteiger partial charge in [0.05, 0.1) is 18.2 Å². The van der Waals surface area contributed by atoms with Crippen molar-refractivity contribution in [1.82, 2.24) is 0 Å². The summed E-state index contributed by atoms with van der Waals surface area (Å²) in [7, 11) is -0.783. The van der Waals surface area contributed by atoms with Gasteiger partial charge in [0.2, 0.25) is 0 Å². The molecule has 0 unspecified atom stereocenters. The van der Waals surface area contributed by atoms with Crippen LogP contribution in [0.15, 0.2) is 54.6 Å². The van der Waals surface area contributed by atoms with E-state index < -0.39 is 7.12 Å². The van der Waals surface area contributed by atoms with Gasteiger partial charge in [-0.2, -0.15) is 5.26 Å². The Morgan fingerprint density at radius 3 is 2.61 bits per heavy atom. The normalized spacial score (nSPS) is 13.1. The summed E-state index contributed by atoms with van der Waals surface area (Å²) in [6.07, 6.45) is 0.833. The molecule has 0 aromatic heterocycles. The van der Waals surface area contributed by atoms with Crippen LogP contribution >= 0.6 is 0 Å². The first-order chi connectivity index (χ1) is 11.2. The third kappa shape index (κ3) is 2.61. The molecule has 0 saturated heterocycles. The smallest absolute Gasteiger partial charge is 0.423 e. The number of nitrogens with zero attached hydrogens (tertiary/aromatic N) is 1. The van der Waals surface area contributed by atoms with E-state index in [1.807, 2.05) is 30.3 Å². The number of hydrogen-bond acceptors (Lipinski definition) is 3. The van der Waals surface area contributed by atoms with Gasteiger partial charge >= 0.3 is 7.12 Å². The van der Waals surface area contributed by atoms with E-state index in [4.69, 9.17) is 9.92 Å². The molecule has 110 valence electrons. The predicted octanol–water partition coefficient (Wildman–Crippen LogP) is 2.52. The molecule has 0 fully saturated rings. The van der Waals surface area contributed by atoms with Crippen molar-refractivity contribution < 1.29 is 9.68 Å². The molecular weight excluding hydrogens is 285 g/mol. The Morgan fingerprint density at radius 1 is 1.00 bits per heavy atom. The first-order valence-corrected chi connectivity index (χ1v) is 7.57. The maximum atomic E-state index is 9.68. The van der Waals surface area contributed by atoms with E-state index in [1.54, 1.807) is 0 Å². The van der Waals surface area contributed by atoms with Crippen molar-refractivity contribution in [2.45, 2.75) is 13.0 Å². The molecule has 0 saturated carbocycles. The second-order valence-corrected chi connectivity index (χ2v) is 5.88. The minimum atomic E-state index is -0.783. The van der Waals surface area contributed by atoms with E-state index in [9.17, 15) is 5.02 Å². The van der Waals surface area contributed by atoms with Crippen molar-refractivity contribution in [1.29, 1.82) is 5.26 Å². The summed E-state index contributed by atoms with van der Waals surface area (Å²) in [4.78, 5) is 0. The molecule has 0 atom stereocenters. The van der Waals surface area contributed by atoms with E-state index in [0.717, 1.165) is 28.2 Å². The molecule has 23 heavy (non-hydrogen) atoms. The fourth-order valence-corrected chi connectivity index (χ4v) is 3.10. The molecule has 3 nitrogen and oxygen atoms in total. The minimum Gasteiger partial charge on any atom is -0.423 e. The molecule has 1 aliphatic rings. The highest BCUT2D eigenvalue weighted by atomic mass is 16.5. The Bertz CT molecular complexity index is 946. The Hall–Kier alpha value is -2.61. The van der Waals surface area contributed by atoms with Crippen LogP contribution in [0.1, 0.15) is 22.3 Å². The summed E-state index contributed by atoms with van der Waals surface area (Å²) < 4.78 is 5.24. The van der Waals surface area contributed by atoms with Gasteiger partial charge in [0.15, 0.2) is 0 Å². The van der Waals surface area contributed by atoms with Gasteiger partial charge in [-0.05, 0) is 51.5 Å². The van der Waals surface area contributed by atoms with Crippen molar-refractivity contribution in [2.24, 2.45) is 0 Å². The highest BCUT2D eigenvalue weighted by Crippen LogP contribution is 2.20. The first-order valence-electron chi connectivity index (χ1n) is 7.57. The van der Waals surface area contributed by atoms with Crippen LogP contribution in [0.5, 0.6) is 0 Å². The highest BCUT2D eigenvalue weighted by molar-refractivity contribution is 6.61. The van der Waals surface area contributed by atoms with Gasteiger partial charge in [-0.15, -0.1) is 0 Å². The van der Waals surface area contributed by atoms with Gasteiger partial charge < -0.3 is 9.68 Å². The van der Waals surface area contributed by atoms with Crippen LogP contribution in [-0.2, 0) is 17.7 Å². The number of hydrogen-bond donors (Lipinski definition) is 1. The molecular formula is C19H14BNO2. The number of fused-ring (bicyclic) bond motifs is 2. The molecule has 0 aliphatic carbocycles. The second kappa shape index (κ2) is 5.55. The van der Waals surface area contributed by atoms with Crippen LogP contribution in [0.3, 0.4) is 0 Å². The molecule has 0 amide bonds. The summed E-state index contributed by atoms with van der Waals surface area (Å²) >= 11 is 0. The number of rotatable bonds is 2. The van der Waals surface area contributed by atoms with Crippen molar-refractivity contribution in [3.05, 3.63) is 76.9 Å². The van der Waals surface area contributed by atoms with Crippen LogP contribution in [0.4, 0.5) is 0 Å². The third-order valence-corrected chi connectivity index (χ3v) is 4.31. The molecule has 4 rings (SSSR count). The third-order valence-electron chi connectivity index (χ3n) is 4.31. The van der Waals surface area contributed by atoms with Crippen LogP contribution in [0, 0.1) is 11.3 Å². The Kier molecular flexibility index (Phi) is 3.38. The van der Waals surface area contributed by atoms with E-state index in [-0.39, 0.29) is 0 Å². The fourth-order valence-electron chi connectivity index (χ4n) is 3.10. The molecule has 3 aromatic rings. The summed E-state index contributed by atoms with van der Waals surface area (Å²) in [6, 6.07) is 20.3. The SMILES string of the molecule is N#Cc1ccc2cc(Cc3ccc4c(c3)COB4O)ccc2c1. The van der Waals surface area contributed by atoms with Gasteiger partial charge in [0.25, 0.3) is 0 Å². The summed E-state index contributed by atoms with van der Waals surface area (Å²) in [6.45, 7) is 0.471. The fraction of sp³-hybridized carbons (Fsp3) is 0.105. The van der Waals surface area contributed by atoms with E-state index in [2.05, 4.69) is 30.3 Å². The predicted molar refractivity (Wildman–Crippen MR) is 90.3 cm³/mol. The molecule has 1 N–H and O–H groups in total.